The molecule has 0 radical (unpaired) electrons. The number of thioether (sulfide) groups is 1. The summed E-state index contributed by atoms with van der Waals surface area (Å²) in [6.07, 6.45) is 1.08. The zero-order chi connectivity index (χ0) is 13.6. The van der Waals surface area contributed by atoms with Crippen molar-refractivity contribution in [1.29, 1.82) is 0 Å². The zero-order valence-electron chi connectivity index (χ0n) is 10.6. The highest BCUT2D eigenvalue weighted by molar-refractivity contribution is 8.00. The van der Waals surface area contributed by atoms with Gasteiger partial charge in [0.05, 0.1) is 12.0 Å². The first-order valence-corrected chi connectivity index (χ1v) is 7.27. The number of carbonyl (C=O) groups excluding carboxylic acids is 2. The first-order valence-electron chi connectivity index (χ1n) is 6.29. The van der Waals surface area contributed by atoms with Crippen molar-refractivity contribution in [3.05, 3.63) is 35.4 Å². The van der Waals surface area contributed by atoms with Crippen molar-refractivity contribution in [2.24, 2.45) is 0 Å². The Balaban J connectivity index is 2.05. The number of hydrogen-bond donors (Lipinski definition) is 0. The lowest BCUT2D eigenvalue weighted by Gasteiger charge is -2.34. The number of fused-ring (bicyclic) bond motifs is 1. The summed E-state index contributed by atoms with van der Waals surface area (Å²) in [4.78, 5) is 24.3. The van der Waals surface area contributed by atoms with Crippen LogP contribution in [0.1, 0.15) is 24.0 Å². The van der Waals surface area contributed by atoms with E-state index >= 15 is 0 Å². The maximum absolute atomic E-state index is 12.0. The van der Waals surface area contributed by atoms with E-state index in [-0.39, 0.29) is 5.91 Å². The quantitative estimate of drug-likeness (QED) is 0.795. The number of carbonyl (C=O) groups is 2. The molecular weight excluding hydrogens is 262 g/mol. The van der Waals surface area contributed by atoms with Crippen LogP contribution in [-0.2, 0) is 14.5 Å². The summed E-state index contributed by atoms with van der Waals surface area (Å²) in [6, 6.07) is 7.17. The average Bonchev–Trinajstić information content (AvgIpc) is 2.90. The van der Waals surface area contributed by atoms with Crippen molar-refractivity contribution in [2.75, 3.05) is 5.75 Å². The van der Waals surface area contributed by atoms with E-state index in [0.29, 0.717) is 18.6 Å². The Kier molecular flexibility index (Phi) is 2.82. The van der Waals surface area contributed by atoms with Gasteiger partial charge in [0, 0.05) is 12.2 Å². The van der Waals surface area contributed by atoms with Gasteiger partial charge in [-0.1, -0.05) is 29.8 Å². The number of carboxylic acid groups (broad SMARTS) is 1. The minimum absolute atomic E-state index is 0.0835. The Labute approximate surface area is 115 Å². The van der Waals surface area contributed by atoms with Gasteiger partial charge in [0.1, 0.15) is 4.87 Å². The van der Waals surface area contributed by atoms with E-state index in [9.17, 15) is 14.7 Å². The number of aryl methyl sites for hydroxylation is 1. The molecule has 1 aromatic rings. The van der Waals surface area contributed by atoms with Crippen LogP contribution < -0.4 is 5.11 Å². The lowest BCUT2D eigenvalue weighted by atomic mass is 10.0. The molecule has 0 N–H and O–H groups in total. The number of benzene rings is 1. The highest BCUT2D eigenvalue weighted by Crippen LogP contribution is 2.54. The summed E-state index contributed by atoms with van der Waals surface area (Å²) >= 11 is 1.54. The summed E-state index contributed by atoms with van der Waals surface area (Å²) in [6.45, 7) is 2.00. The fourth-order valence-corrected chi connectivity index (χ4v) is 4.57. The molecule has 0 bridgehead atoms. The molecule has 2 heterocycles. The highest BCUT2D eigenvalue weighted by atomic mass is 32.2. The van der Waals surface area contributed by atoms with Crippen LogP contribution in [0.2, 0.25) is 0 Å². The fourth-order valence-electron chi connectivity index (χ4n) is 2.93. The fraction of sp³-hybridized carbons (Fsp3) is 0.429. The molecule has 0 spiro atoms. The first kappa shape index (κ1) is 12.5. The summed E-state index contributed by atoms with van der Waals surface area (Å²) in [5.41, 5.74) is 2.16. The normalized spacial score (nSPS) is 29.6. The summed E-state index contributed by atoms with van der Waals surface area (Å²) < 4.78 is 0. The van der Waals surface area contributed by atoms with Gasteiger partial charge in [-0.15, -0.1) is 11.8 Å². The number of aliphatic carboxylic acids is 1. The predicted molar refractivity (Wildman–Crippen MR) is 70.2 cm³/mol. The Bertz CT molecular complexity index is 542. The van der Waals surface area contributed by atoms with Crippen LogP contribution in [0.25, 0.3) is 0 Å². The van der Waals surface area contributed by atoms with E-state index in [1.807, 2.05) is 31.2 Å². The monoisotopic (exact) mass is 276 g/mol. The van der Waals surface area contributed by atoms with Crippen molar-refractivity contribution in [1.82, 2.24) is 4.90 Å². The minimum atomic E-state index is -1.16. The number of hydrogen-bond acceptors (Lipinski definition) is 4. The molecule has 0 saturated carbocycles. The second-order valence-corrected chi connectivity index (χ2v) is 6.36. The Hall–Kier alpha value is -1.49. The molecular formula is C14H14NO3S-. The summed E-state index contributed by atoms with van der Waals surface area (Å²) in [5.74, 6) is -0.835. The second-order valence-electron chi connectivity index (χ2n) is 5.06. The van der Waals surface area contributed by atoms with Crippen molar-refractivity contribution >= 4 is 23.6 Å². The molecule has 1 aromatic carbocycles. The Morgan fingerprint density at radius 2 is 2.11 bits per heavy atom. The van der Waals surface area contributed by atoms with Gasteiger partial charge in [-0.05, 0) is 18.9 Å². The zero-order valence-corrected chi connectivity index (χ0v) is 11.4. The molecule has 2 atom stereocenters. The van der Waals surface area contributed by atoms with Crippen LogP contribution in [0.4, 0.5) is 0 Å². The smallest absolute Gasteiger partial charge is 0.224 e. The van der Waals surface area contributed by atoms with Crippen LogP contribution in [0.15, 0.2) is 24.3 Å². The largest absolute Gasteiger partial charge is 0.548 e. The first-order chi connectivity index (χ1) is 9.04. The number of nitrogens with zero attached hydrogens (tertiary/aromatic N) is 1. The molecule has 2 aliphatic heterocycles. The standard InChI is InChI=1S/C14H15NO3S/c1-9-2-4-10(5-3-9)14-7-6-12(16)15(14)11(8-19-14)13(17)18/h2-5,11H,6-8H2,1H3,(H,17,18)/p-1/t11-,14-/m1/s1. The van der Waals surface area contributed by atoms with Crippen molar-refractivity contribution < 1.29 is 14.7 Å². The lowest BCUT2D eigenvalue weighted by Crippen LogP contribution is -2.50. The van der Waals surface area contributed by atoms with E-state index in [1.165, 1.54) is 4.90 Å². The van der Waals surface area contributed by atoms with Gasteiger partial charge in [-0.2, -0.15) is 0 Å². The molecule has 2 saturated heterocycles. The van der Waals surface area contributed by atoms with E-state index in [4.69, 9.17) is 0 Å². The molecule has 2 fully saturated rings. The SMILES string of the molecule is Cc1ccc([C@]23CCC(=O)N2[C@@H](C(=O)[O-])CS3)cc1. The van der Waals surface area contributed by atoms with Gasteiger partial charge in [0.15, 0.2) is 0 Å². The van der Waals surface area contributed by atoms with E-state index < -0.39 is 16.9 Å². The Morgan fingerprint density at radius 1 is 1.42 bits per heavy atom. The molecule has 1 amide bonds. The molecule has 0 aromatic heterocycles. The van der Waals surface area contributed by atoms with Gasteiger partial charge < -0.3 is 14.8 Å². The van der Waals surface area contributed by atoms with E-state index in [1.54, 1.807) is 11.8 Å². The van der Waals surface area contributed by atoms with Crippen LogP contribution in [-0.4, -0.2) is 28.6 Å². The van der Waals surface area contributed by atoms with Crippen LogP contribution >= 0.6 is 11.8 Å². The number of rotatable bonds is 2. The van der Waals surface area contributed by atoms with Gasteiger partial charge >= 0.3 is 0 Å². The van der Waals surface area contributed by atoms with Crippen LogP contribution in [0, 0.1) is 6.92 Å². The third-order valence-electron chi connectivity index (χ3n) is 3.90. The van der Waals surface area contributed by atoms with Crippen molar-refractivity contribution in [3.63, 3.8) is 0 Å². The third kappa shape index (κ3) is 1.75. The molecule has 5 heteroatoms. The maximum atomic E-state index is 12.0. The number of carboxylic acids is 1. The van der Waals surface area contributed by atoms with Crippen molar-refractivity contribution in [3.8, 4) is 0 Å². The summed E-state index contributed by atoms with van der Waals surface area (Å²) in [5, 5.41) is 11.2. The van der Waals surface area contributed by atoms with E-state index in [0.717, 1.165) is 11.1 Å². The van der Waals surface area contributed by atoms with Gasteiger partial charge in [-0.25, -0.2) is 0 Å². The molecule has 19 heavy (non-hydrogen) atoms. The minimum Gasteiger partial charge on any atom is -0.548 e. The lowest BCUT2D eigenvalue weighted by molar-refractivity contribution is -0.310. The molecule has 100 valence electrons. The summed E-state index contributed by atoms with van der Waals surface area (Å²) in [7, 11) is 0. The number of amides is 1. The molecule has 0 aliphatic carbocycles. The second kappa shape index (κ2) is 4.27. The molecule has 4 nitrogen and oxygen atoms in total. The van der Waals surface area contributed by atoms with Gasteiger partial charge in [0.2, 0.25) is 5.91 Å². The van der Waals surface area contributed by atoms with Crippen LogP contribution in [0.5, 0.6) is 0 Å². The Morgan fingerprint density at radius 3 is 2.74 bits per heavy atom. The molecule has 3 rings (SSSR count). The van der Waals surface area contributed by atoms with Crippen LogP contribution in [0.3, 0.4) is 0 Å². The van der Waals surface area contributed by atoms with E-state index in [2.05, 4.69) is 0 Å². The highest BCUT2D eigenvalue weighted by Gasteiger charge is 2.54. The molecule has 0 unspecified atom stereocenters. The van der Waals surface area contributed by atoms with Gasteiger partial charge in [-0.3, -0.25) is 4.79 Å². The average molecular weight is 276 g/mol. The van der Waals surface area contributed by atoms with Crippen molar-refractivity contribution in [2.45, 2.75) is 30.7 Å². The molecule has 2 aliphatic rings. The third-order valence-corrected chi connectivity index (χ3v) is 5.50. The maximum Gasteiger partial charge on any atom is 0.224 e. The predicted octanol–water partition coefficient (Wildman–Crippen LogP) is 0.636. The topological polar surface area (TPSA) is 60.4 Å². The van der Waals surface area contributed by atoms with Gasteiger partial charge in [0.25, 0.3) is 0 Å².